The number of nitrogens with zero attached hydrogens (tertiary/aromatic N) is 2. The monoisotopic (exact) mass is 265 g/mol. The molecule has 3 rings (SSSR count). The van der Waals surface area contributed by atoms with Crippen molar-refractivity contribution in [1.82, 2.24) is 9.55 Å². The topological polar surface area (TPSA) is 43.8 Å². The molecule has 0 unspecified atom stereocenters. The number of anilines is 1. The Labute approximate surface area is 119 Å². The maximum atomic E-state index is 6.31. The van der Waals surface area contributed by atoms with Crippen LogP contribution in [0.25, 0.3) is 11.4 Å². The highest BCUT2D eigenvalue weighted by Crippen LogP contribution is 2.38. The molecule has 2 aromatic rings. The molecule has 0 atom stereocenters. The van der Waals surface area contributed by atoms with Crippen molar-refractivity contribution in [1.29, 1.82) is 0 Å². The van der Waals surface area contributed by atoms with Crippen LogP contribution in [-0.2, 0) is 6.54 Å². The average molecular weight is 265 g/mol. The van der Waals surface area contributed by atoms with Crippen LogP contribution in [0.1, 0.15) is 37.3 Å². The van der Waals surface area contributed by atoms with E-state index in [2.05, 4.69) is 5.92 Å². The second kappa shape index (κ2) is 5.42. The lowest BCUT2D eigenvalue weighted by Gasteiger charge is -2.08. The minimum atomic E-state index is 0.468. The summed E-state index contributed by atoms with van der Waals surface area (Å²) in [5.74, 6) is 4.81. The fraction of sp³-hybridized carbons (Fsp3) is 0.353. The summed E-state index contributed by atoms with van der Waals surface area (Å²) < 4.78 is 1.96. The molecule has 1 aromatic carbocycles. The van der Waals surface area contributed by atoms with E-state index in [1.54, 1.807) is 0 Å². The Kier molecular flexibility index (Phi) is 3.47. The van der Waals surface area contributed by atoms with Crippen molar-refractivity contribution < 1.29 is 0 Å². The number of benzene rings is 1. The molecule has 0 bridgehead atoms. The molecule has 0 spiro atoms. The molecule has 0 aliphatic heterocycles. The molecule has 3 heteroatoms. The van der Waals surface area contributed by atoms with Gasteiger partial charge in [0.25, 0.3) is 0 Å². The number of aromatic nitrogens is 2. The van der Waals surface area contributed by atoms with Crippen LogP contribution in [0.3, 0.4) is 0 Å². The third-order valence-electron chi connectivity index (χ3n) is 4.06. The first-order chi connectivity index (χ1) is 9.81. The normalized spacial score (nSPS) is 15.3. The molecule has 102 valence electrons. The molecule has 1 fully saturated rings. The maximum absolute atomic E-state index is 6.31. The smallest absolute Gasteiger partial charge is 0.142 e. The van der Waals surface area contributed by atoms with Gasteiger partial charge in [-0.05, 0) is 12.8 Å². The van der Waals surface area contributed by atoms with Gasteiger partial charge in [-0.25, -0.2) is 4.98 Å². The lowest BCUT2D eigenvalue weighted by atomic mass is 10.0. The highest BCUT2D eigenvalue weighted by Gasteiger charge is 2.25. The van der Waals surface area contributed by atoms with Crippen LogP contribution in [0.5, 0.6) is 0 Å². The van der Waals surface area contributed by atoms with Gasteiger partial charge >= 0.3 is 0 Å². The number of hydrogen-bond acceptors (Lipinski definition) is 2. The van der Waals surface area contributed by atoms with Crippen molar-refractivity contribution >= 4 is 5.82 Å². The zero-order valence-electron chi connectivity index (χ0n) is 11.5. The molecular weight excluding hydrogens is 246 g/mol. The Balaban J connectivity index is 2.09. The molecule has 1 heterocycles. The molecule has 1 aliphatic rings. The van der Waals surface area contributed by atoms with Gasteiger partial charge in [0.15, 0.2) is 0 Å². The van der Waals surface area contributed by atoms with Gasteiger partial charge in [-0.1, -0.05) is 49.1 Å². The number of nitrogen functional groups attached to an aromatic ring is 1. The number of rotatable bonds is 3. The van der Waals surface area contributed by atoms with Crippen molar-refractivity contribution in [2.75, 3.05) is 5.73 Å². The number of nitrogens with two attached hydrogens (primary N) is 1. The van der Waals surface area contributed by atoms with Gasteiger partial charge in [0.05, 0.1) is 12.2 Å². The second-order valence-corrected chi connectivity index (χ2v) is 5.34. The summed E-state index contributed by atoms with van der Waals surface area (Å²) in [6, 6.07) is 10.1. The van der Waals surface area contributed by atoms with Crippen molar-refractivity contribution in [2.24, 2.45) is 0 Å². The molecular formula is C17H19N3. The Morgan fingerprint density at radius 2 is 1.95 bits per heavy atom. The van der Waals surface area contributed by atoms with E-state index in [9.17, 15) is 0 Å². The molecule has 0 radical (unpaired) electrons. The Bertz CT molecular complexity index is 628. The molecule has 3 nitrogen and oxygen atoms in total. The van der Waals surface area contributed by atoms with Gasteiger partial charge in [0.2, 0.25) is 0 Å². The lowest BCUT2D eigenvalue weighted by Crippen LogP contribution is -2.05. The zero-order chi connectivity index (χ0) is 13.9. The standard InChI is InChI=1S/C17H19N3/c1-2-12-20-16(18)15(13-8-6-7-9-13)19-17(20)14-10-4-3-5-11-14/h1,3-5,10-11,13H,6-9,12,18H2. The van der Waals surface area contributed by atoms with Crippen molar-refractivity contribution in [2.45, 2.75) is 38.1 Å². The van der Waals surface area contributed by atoms with Crippen LogP contribution >= 0.6 is 0 Å². The largest absolute Gasteiger partial charge is 0.383 e. The van der Waals surface area contributed by atoms with Gasteiger partial charge in [-0.3, -0.25) is 4.57 Å². The van der Waals surface area contributed by atoms with Crippen LogP contribution in [-0.4, -0.2) is 9.55 Å². The minimum absolute atomic E-state index is 0.468. The van der Waals surface area contributed by atoms with Gasteiger partial charge in [0.1, 0.15) is 11.6 Å². The summed E-state index contributed by atoms with van der Waals surface area (Å²) in [5, 5.41) is 0. The predicted octanol–water partition coefficient (Wildman–Crippen LogP) is 3.42. The zero-order valence-corrected chi connectivity index (χ0v) is 11.5. The first-order valence-corrected chi connectivity index (χ1v) is 7.16. The average Bonchev–Trinajstić information content (AvgIpc) is 3.10. The van der Waals surface area contributed by atoms with Crippen molar-refractivity contribution in [3.05, 3.63) is 36.0 Å². The maximum Gasteiger partial charge on any atom is 0.142 e. The first-order valence-electron chi connectivity index (χ1n) is 7.16. The van der Waals surface area contributed by atoms with Crippen LogP contribution < -0.4 is 5.73 Å². The highest BCUT2D eigenvalue weighted by atomic mass is 15.1. The van der Waals surface area contributed by atoms with E-state index in [0.29, 0.717) is 12.5 Å². The third-order valence-corrected chi connectivity index (χ3v) is 4.06. The third kappa shape index (κ3) is 2.18. The van der Waals surface area contributed by atoms with Gasteiger partial charge in [-0.15, -0.1) is 6.42 Å². The van der Waals surface area contributed by atoms with Crippen LogP contribution in [0.15, 0.2) is 30.3 Å². The molecule has 1 aromatic heterocycles. The predicted molar refractivity (Wildman–Crippen MR) is 82.1 cm³/mol. The second-order valence-electron chi connectivity index (χ2n) is 5.34. The summed E-state index contributed by atoms with van der Waals surface area (Å²) in [7, 11) is 0. The van der Waals surface area contributed by atoms with E-state index in [1.165, 1.54) is 25.7 Å². The molecule has 2 N–H and O–H groups in total. The summed E-state index contributed by atoms with van der Waals surface area (Å²) in [4.78, 5) is 4.82. The highest BCUT2D eigenvalue weighted by molar-refractivity contribution is 5.61. The van der Waals surface area contributed by atoms with E-state index in [-0.39, 0.29) is 0 Å². The van der Waals surface area contributed by atoms with E-state index >= 15 is 0 Å². The number of hydrogen-bond donors (Lipinski definition) is 1. The summed E-state index contributed by atoms with van der Waals surface area (Å²) in [6.45, 7) is 0.468. The van der Waals surface area contributed by atoms with E-state index in [0.717, 1.165) is 22.9 Å². The Morgan fingerprint density at radius 3 is 2.60 bits per heavy atom. The fourth-order valence-electron chi connectivity index (χ4n) is 3.04. The van der Waals surface area contributed by atoms with Crippen LogP contribution in [0.4, 0.5) is 5.82 Å². The number of imidazole rings is 1. The van der Waals surface area contributed by atoms with Gasteiger partial charge in [0, 0.05) is 11.5 Å². The van der Waals surface area contributed by atoms with E-state index < -0.39 is 0 Å². The fourth-order valence-corrected chi connectivity index (χ4v) is 3.04. The van der Waals surface area contributed by atoms with Crippen LogP contribution in [0.2, 0.25) is 0 Å². The van der Waals surface area contributed by atoms with Gasteiger partial charge < -0.3 is 5.73 Å². The minimum Gasteiger partial charge on any atom is -0.383 e. The summed E-state index contributed by atoms with van der Waals surface area (Å²) in [5.41, 5.74) is 8.42. The lowest BCUT2D eigenvalue weighted by molar-refractivity contribution is 0.704. The van der Waals surface area contributed by atoms with Crippen LogP contribution in [0, 0.1) is 12.3 Å². The first kappa shape index (κ1) is 12.8. The summed E-state index contributed by atoms with van der Waals surface area (Å²) in [6.07, 6.45) is 10.4. The molecule has 20 heavy (non-hydrogen) atoms. The molecule has 0 amide bonds. The SMILES string of the molecule is C#CCn1c(-c2ccccc2)nc(C2CCCC2)c1N. The van der Waals surface area contributed by atoms with E-state index in [4.69, 9.17) is 17.1 Å². The Morgan fingerprint density at radius 1 is 1.25 bits per heavy atom. The van der Waals surface area contributed by atoms with Crippen molar-refractivity contribution in [3.63, 3.8) is 0 Å². The number of terminal acetylenes is 1. The van der Waals surface area contributed by atoms with Gasteiger partial charge in [-0.2, -0.15) is 0 Å². The molecule has 1 saturated carbocycles. The summed E-state index contributed by atoms with van der Waals surface area (Å²) >= 11 is 0. The van der Waals surface area contributed by atoms with E-state index in [1.807, 2.05) is 34.9 Å². The van der Waals surface area contributed by atoms with Crippen molar-refractivity contribution in [3.8, 4) is 23.7 Å². The Hall–Kier alpha value is -2.21. The molecule has 0 saturated heterocycles. The molecule has 1 aliphatic carbocycles. The quantitative estimate of drug-likeness (QED) is 0.864.